The summed E-state index contributed by atoms with van der Waals surface area (Å²) in [4.78, 5) is 0. The van der Waals surface area contributed by atoms with Crippen molar-refractivity contribution in [3.63, 3.8) is 0 Å². The van der Waals surface area contributed by atoms with Gasteiger partial charge in [0.05, 0.1) is 0 Å². The molecule has 15 heavy (non-hydrogen) atoms. The molecule has 0 saturated carbocycles. The maximum absolute atomic E-state index is 10.6. The van der Waals surface area contributed by atoms with Crippen LogP contribution in [0.15, 0.2) is 0 Å². The first-order chi connectivity index (χ1) is 7.08. The molecule has 8 heteroatoms. The summed E-state index contributed by atoms with van der Waals surface area (Å²) in [5, 5.41) is 0. The second kappa shape index (κ2) is 8.39. The maximum Gasteiger partial charge on any atom is 0.474 e. The van der Waals surface area contributed by atoms with E-state index in [-0.39, 0.29) is 0 Å². The largest absolute Gasteiger partial charge is 0.561 e. The normalized spacial score (nSPS) is 14.7. The van der Waals surface area contributed by atoms with E-state index in [2.05, 4.69) is 6.55 Å². The highest BCUT2D eigenvalue weighted by atomic mass is 29.2. The fourth-order valence-corrected chi connectivity index (χ4v) is 5.88. The molecular formula is C7H19O4Si4. The Morgan fingerprint density at radius 3 is 2.47 bits per heavy atom. The van der Waals surface area contributed by atoms with Gasteiger partial charge in [-0.2, -0.15) is 0 Å². The molecule has 1 radical (unpaired) electrons. The van der Waals surface area contributed by atoms with Crippen LogP contribution >= 0.6 is 0 Å². The van der Waals surface area contributed by atoms with Crippen molar-refractivity contribution in [2.75, 3.05) is 7.11 Å². The average Bonchev–Trinajstić information content (AvgIpc) is 2.24. The van der Waals surface area contributed by atoms with Crippen molar-refractivity contribution in [3.05, 3.63) is 0 Å². The molecule has 0 spiro atoms. The van der Waals surface area contributed by atoms with E-state index in [1.165, 1.54) is 0 Å². The molecular weight excluding hydrogens is 260 g/mol. The van der Waals surface area contributed by atoms with Crippen LogP contribution in [0.4, 0.5) is 0 Å². The summed E-state index contributed by atoms with van der Waals surface area (Å²) in [6.45, 7) is 4.05. The van der Waals surface area contributed by atoms with Crippen molar-refractivity contribution in [1.82, 2.24) is 0 Å². The van der Waals surface area contributed by atoms with Crippen molar-refractivity contribution < 1.29 is 17.5 Å². The highest BCUT2D eigenvalue weighted by Crippen LogP contribution is 2.16. The Bertz CT molecular complexity index is 203. The predicted molar refractivity (Wildman–Crippen MR) is 65.8 cm³/mol. The van der Waals surface area contributed by atoms with Crippen LogP contribution in [-0.4, -0.2) is 42.6 Å². The summed E-state index contributed by atoms with van der Waals surface area (Å²) >= 11 is 0. The SMILES string of the molecule is CO[Si](C)(CCCC[Si](C)[SiH]=O)O[SiH]=O. The fraction of sp³-hybridized carbons (Fsp3) is 1.00. The standard InChI is InChI=1S/C7H19O4Si4/c1-10-15(3,11-12-8)7-5-4-6-14(2)13-9/h12-13H,4-7H2,1-3H3. The van der Waals surface area contributed by atoms with Gasteiger partial charge < -0.3 is 17.5 Å². The zero-order valence-electron chi connectivity index (χ0n) is 9.62. The summed E-state index contributed by atoms with van der Waals surface area (Å²) < 4.78 is 31.6. The number of rotatable bonds is 9. The molecule has 1 atom stereocenters. The van der Waals surface area contributed by atoms with Crippen LogP contribution in [0.1, 0.15) is 12.8 Å². The van der Waals surface area contributed by atoms with E-state index < -0.39 is 35.4 Å². The molecule has 0 bridgehead atoms. The molecule has 0 aliphatic heterocycles. The second-order valence-corrected chi connectivity index (χ2v) is 14.1. The Kier molecular flexibility index (Phi) is 8.51. The third-order valence-corrected chi connectivity index (χ3v) is 10.5. The molecule has 0 aliphatic rings. The Morgan fingerprint density at radius 1 is 1.33 bits per heavy atom. The van der Waals surface area contributed by atoms with E-state index in [4.69, 9.17) is 8.54 Å². The minimum atomic E-state index is -2.14. The molecule has 4 nitrogen and oxygen atoms in total. The first-order valence-electron chi connectivity index (χ1n) is 5.02. The smallest absolute Gasteiger partial charge is 0.474 e. The van der Waals surface area contributed by atoms with Crippen molar-refractivity contribution in [1.29, 1.82) is 0 Å². The monoisotopic (exact) mass is 279 g/mol. The minimum Gasteiger partial charge on any atom is -0.561 e. The lowest BCUT2D eigenvalue weighted by Crippen LogP contribution is -2.37. The van der Waals surface area contributed by atoms with Crippen molar-refractivity contribution in [2.45, 2.75) is 38.0 Å². The van der Waals surface area contributed by atoms with Crippen LogP contribution < -0.4 is 0 Å². The van der Waals surface area contributed by atoms with Crippen LogP contribution in [-0.2, 0) is 17.5 Å². The minimum absolute atomic E-state index is 0.549. The summed E-state index contributed by atoms with van der Waals surface area (Å²) in [7, 11) is -2.80. The Balaban J connectivity index is 3.71. The molecule has 0 aromatic carbocycles. The zero-order chi connectivity index (χ0) is 11.7. The number of hydrogen-bond acceptors (Lipinski definition) is 4. The highest BCUT2D eigenvalue weighted by molar-refractivity contribution is 7.05. The van der Waals surface area contributed by atoms with E-state index in [1.54, 1.807) is 7.11 Å². The molecule has 0 N–H and O–H groups in total. The lowest BCUT2D eigenvalue weighted by atomic mass is 10.4. The third kappa shape index (κ3) is 7.17. The van der Waals surface area contributed by atoms with E-state index in [9.17, 15) is 8.92 Å². The van der Waals surface area contributed by atoms with Crippen LogP contribution in [0.2, 0.25) is 25.2 Å². The highest BCUT2D eigenvalue weighted by Gasteiger charge is 2.30. The average molecular weight is 280 g/mol. The van der Waals surface area contributed by atoms with Crippen molar-refractivity contribution >= 4 is 35.4 Å². The quantitative estimate of drug-likeness (QED) is 0.458. The Morgan fingerprint density at radius 2 is 2.00 bits per heavy atom. The molecule has 1 unspecified atom stereocenters. The molecule has 0 aliphatic carbocycles. The predicted octanol–water partition coefficient (Wildman–Crippen LogP) is 0.602. The van der Waals surface area contributed by atoms with Crippen LogP contribution in [0.5, 0.6) is 0 Å². The van der Waals surface area contributed by atoms with Crippen LogP contribution in [0.3, 0.4) is 0 Å². The fourth-order valence-electron chi connectivity index (χ4n) is 1.22. The van der Waals surface area contributed by atoms with Gasteiger partial charge in [-0.1, -0.05) is 25.4 Å². The third-order valence-electron chi connectivity index (χ3n) is 2.38. The van der Waals surface area contributed by atoms with Gasteiger partial charge in [0.25, 0.3) is 0 Å². The van der Waals surface area contributed by atoms with E-state index in [1.807, 2.05) is 6.55 Å². The van der Waals surface area contributed by atoms with Gasteiger partial charge in [0.2, 0.25) is 8.92 Å². The molecule has 87 valence electrons. The Hall–Kier alpha value is 0.228. The lowest BCUT2D eigenvalue weighted by Gasteiger charge is -2.22. The molecule has 0 amide bonds. The number of unbranched alkanes of at least 4 members (excludes halogenated alkanes) is 1. The topological polar surface area (TPSA) is 52.6 Å². The molecule has 0 rings (SSSR count). The molecule has 0 saturated heterocycles. The van der Waals surface area contributed by atoms with Crippen LogP contribution in [0.25, 0.3) is 0 Å². The van der Waals surface area contributed by atoms with Gasteiger partial charge in [0.1, 0.15) is 8.31 Å². The van der Waals surface area contributed by atoms with Crippen LogP contribution in [0, 0.1) is 0 Å². The summed E-state index contributed by atoms with van der Waals surface area (Å²) in [6.07, 6.45) is 2.11. The van der Waals surface area contributed by atoms with Crippen molar-refractivity contribution in [3.8, 4) is 0 Å². The van der Waals surface area contributed by atoms with Gasteiger partial charge in [-0.15, -0.1) is 0 Å². The van der Waals surface area contributed by atoms with Gasteiger partial charge >= 0.3 is 18.2 Å². The van der Waals surface area contributed by atoms with Gasteiger partial charge in [0, 0.05) is 13.2 Å². The summed E-state index contributed by atoms with van der Waals surface area (Å²) in [5.41, 5.74) is 0. The first-order valence-corrected chi connectivity index (χ1v) is 13.0. The van der Waals surface area contributed by atoms with Gasteiger partial charge in [-0.25, -0.2) is 0 Å². The molecule has 0 fully saturated rings. The van der Waals surface area contributed by atoms with E-state index in [0.717, 1.165) is 24.9 Å². The Labute approximate surface area is 98.3 Å². The molecule has 0 aromatic heterocycles. The second-order valence-electron chi connectivity index (χ2n) is 3.72. The van der Waals surface area contributed by atoms with Crippen molar-refractivity contribution in [2.24, 2.45) is 0 Å². The number of hydrogen-bond donors (Lipinski definition) is 0. The molecule has 0 aromatic rings. The first kappa shape index (κ1) is 15.2. The molecule has 0 heterocycles. The maximum atomic E-state index is 10.6. The van der Waals surface area contributed by atoms with Gasteiger partial charge in [-0.3, -0.25) is 0 Å². The lowest BCUT2D eigenvalue weighted by molar-refractivity contribution is 0.300. The summed E-state index contributed by atoms with van der Waals surface area (Å²) in [6, 6.07) is 1.98. The van der Waals surface area contributed by atoms with E-state index in [0.29, 0.717) is 0 Å². The van der Waals surface area contributed by atoms with Gasteiger partial charge in [-0.05, 0) is 6.55 Å². The van der Waals surface area contributed by atoms with Gasteiger partial charge in [0.15, 0.2) is 0 Å². The van der Waals surface area contributed by atoms with E-state index >= 15 is 0 Å². The summed E-state index contributed by atoms with van der Waals surface area (Å²) in [5.74, 6) is 0. The zero-order valence-corrected chi connectivity index (χ0v) is 13.9.